The van der Waals surface area contributed by atoms with Crippen LogP contribution < -0.4 is 10.1 Å². The maximum absolute atomic E-state index is 13.7. The lowest BCUT2D eigenvalue weighted by Crippen LogP contribution is -2.36. The molecule has 1 atom stereocenters. The van der Waals surface area contributed by atoms with Crippen LogP contribution in [0.2, 0.25) is 0 Å². The number of aryl methyl sites for hydroxylation is 1. The summed E-state index contributed by atoms with van der Waals surface area (Å²) in [6.45, 7) is 0.679. The summed E-state index contributed by atoms with van der Waals surface area (Å²) in [6.07, 6.45) is 9.20. The van der Waals surface area contributed by atoms with E-state index in [2.05, 4.69) is 10.3 Å². The van der Waals surface area contributed by atoms with Gasteiger partial charge < -0.3 is 14.6 Å². The van der Waals surface area contributed by atoms with E-state index in [1.54, 1.807) is 19.2 Å². The summed E-state index contributed by atoms with van der Waals surface area (Å²) in [5.74, 6) is 1.45. The zero-order valence-electron chi connectivity index (χ0n) is 15.7. The SMILES string of the molecule is COc1ccc(F)cc1C1CCc2nc(C(=O)NC3CCCCC3)cn2C1. The standard InChI is InChI=1S/C21H26FN3O2/c1-27-19-9-8-15(22)11-17(19)14-7-10-20-24-18(13-25(20)12-14)21(26)23-16-5-3-2-4-6-16/h8-9,11,13-14,16H,2-7,10,12H2,1H3,(H,23,26). The summed E-state index contributed by atoms with van der Waals surface area (Å²) in [5.41, 5.74) is 1.37. The molecule has 6 heteroatoms. The minimum atomic E-state index is -0.255. The van der Waals surface area contributed by atoms with Crippen molar-refractivity contribution >= 4 is 5.91 Å². The minimum Gasteiger partial charge on any atom is -0.496 e. The van der Waals surface area contributed by atoms with E-state index in [9.17, 15) is 9.18 Å². The molecule has 1 aromatic carbocycles. The van der Waals surface area contributed by atoms with Crippen molar-refractivity contribution in [1.29, 1.82) is 0 Å². The van der Waals surface area contributed by atoms with Crippen molar-refractivity contribution in [2.75, 3.05) is 7.11 Å². The first-order chi connectivity index (χ1) is 13.1. The van der Waals surface area contributed by atoms with Gasteiger partial charge in [0.15, 0.2) is 0 Å². The molecule has 1 aliphatic heterocycles. The van der Waals surface area contributed by atoms with E-state index < -0.39 is 0 Å². The number of nitrogens with one attached hydrogen (secondary N) is 1. The highest BCUT2D eigenvalue weighted by Gasteiger charge is 2.26. The number of imidazole rings is 1. The summed E-state index contributed by atoms with van der Waals surface area (Å²) >= 11 is 0. The number of hydrogen-bond acceptors (Lipinski definition) is 3. The van der Waals surface area contributed by atoms with E-state index in [1.807, 2.05) is 10.8 Å². The number of halogens is 1. The number of aromatic nitrogens is 2. The van der Waals surface area contributed by atoms with E-state index in [1.165, 1.54) is 25.3 Å². The summed E-state index contributed by atoms with van der Waals surface area (Å²) in [5, 5.41) is 3.13. The van der Waals surface area contributed by atoms with Crippen LogP contribution in [0.4, 0.5) is 4.39 Å². The van der Waals surface area contributed by atoms with Gasteiger partial charge in [-0.05, 0) is 37.5 Å². The maximum atomic E-state index is 13.7. The maximum Gasteiger partial charge on any atom is 0.271 e. The molecule has 2 aliphatic rings. The van der Waals surface area contributed by atoms with Crippen LogP contribution in [0, 0.1) is 5.82 Å². The van der Waals surface area contributed by atoms with Crippen molar-refractivity contribution in [1.82, 2.24) is 14.9 Å². The Morgan fingerprint density at radius 3 is 2.85 bits per heavy atom. The third-order valence-electron chi connectivity index (χ3n) is 5.80. The predicted octanol–water partition coefficient (Wildman–Crippen LogP) is 3.82. The van der Waals surface area contributed by atoms with Crippen LogP contribution in [0.5, 0.6) is 5.75 Å². The van der Waals surface area contributed by atoms with Gasteiger partial charge in [-0.15, -0.1) is 0 Å². The number of carbonyl (C=O) groups is 1. The van der Waals surface area contributed by atoms with Gasteiger partial charge in [-0.25, -0.2) is 9.37 Å². The number of nitrogens with zero attached hydrogens (tertiary/aromatic N) is 2. The van der Waals surface area contributed by atoms with Gasteiger partial charge in [0.25, 0.3) is 5.91 Å². The number of carbonyl (C=O) groups excluding carboxylic acids is 1. The second kappa shape index (κ2) is 7.71. The smallest absolute Gasteiger partial charge is 0.271 e. The van der Waals surface area contributed by atoms with Crippen LogP contribution in [0.15, 0.2) is 24.4 Å². The molecule has 0 saturated heterocycles. The Labute approximate surface area is 158 Å². The van der Waals surface area contributed by atoms with Crippen LogP contribution >= 0.6 is 0 Å². The quantitative estimate of drug-likeness (QED) is 0.889. The summed E-state index contributed by atoms with van der Waals surface area (Å²) in [4.78, 5) is 17.1. The molecular weight excluding hydrogens is 345 g/mol. The number of amides is 1. The highest BCUT2D eigenvalue weighted by atomic mass is 19.1. The lowest BCUT2D eigenvalue weighted by molar-refractivity contribution is 0.0923. The summed E-state index contributed by atoms with van der Waals surface area (Å²) in [6, 6.07) is 4.93. The molecule has 1 saturated carbocycles. The largest absolute Gasteiger partial charge is 0.496 e. The Hall–Kier alpha value is -2.37. The Kier molecular flexibility index (Phi) is 5.14. The second-order valence-electron chi connectivity index (χ2n) is 7.62. The van der Waals surface area contributed by atoms with Crippen molar-refractivity contribution in [2.45, 2.75) is 63.5 Å². The third-order valence-corrected chi connectivity index (χ3v) is 5.80. The van der Waals surface area contributed by atoms with Gasteiger partial charge in [-0.3, -0.25) is 4.79 Å². The highest BCUT2D eigenvalue weighted by Crippen LogP contribution is 2.35. The van der Waals surface area contributed by atoms with E-state index in [0.717, 1.165) is 37.1 Å². The van der Waals surface area contributed by atoms with Gasteiger partial charge in [0.2, 0.25) is 0 Å². The van der Waals surface area contributed by atoms with Gasteiger partial charge >= 0.3 is 0 Å². The Balaban J connectivity index is 1.49. The zero-order chi connectivity index (χ0) is 18.8. The fraction of sp³-hybridized carbons (Fsp3) is 0.524. The first kappa shape index (κ1) is 18.0. The van der Waals surface area contributed by atoms with Gasteiger partial charge in [-0.2, -0.15) is 0 Å². The number of fused-ring (bicyclic) bond motifs is 1. The lowest BCUT2D eigenvalue weighted by atomic mass is 9.91. The highest BCUT2D eigenvalue weighted by molar-refractivity contribution is 5.92. The molecule has 2 aromatic rings. The molecule has 1 aromatic heterocycles. The molecule has 144 valence electrons. The molecule has 1 unspecified atom stereocenters. The van der Waals surface area contributed by atoms with Crippen LogP contribution in [0.25, 0.3) is 0 Å². The first-order valence-corrected chi connectivity index (χ1v) is 9.84. The van der Waals surface area contributed by atoms with E-state index in [0.29, 0.717) is 18.0 Å². The third kappa shape index (κ3) is 3.84. The molecule has 1 N–H and O–H groups in total. The first-order valence-electron chi connectivity index (χ1n) is 9.84. The average Bonchev–Trinajstić information content (AvgIpc) is 3.12. The van der Waals surface area contributed by atoms with Crippen molar-refractivity contribution in [3.63, 3.8) is 0 Å². The number of hydrogen-bond donors (Lipinski definition) is 1. The van der Waals surface area contributed by atoms with Crippen LogP contribution in [-0.2, 0) is 13.0 Å². The average molecular weight is 371 g/mol. The van der Waals surface area contributed by atoms with Crippen molar-refractivity contribution in [3.8, 4) is 5.75 Å². The van der Waals surface area contributed by atoms with Gasteiger partial charge in [-0.1, -0.05) is 19.3 Å². The normalized spacial score (nSPS) is 20.1. The Morgan fingerprint density at radius 1 is 1.26 bits per heavy atom. The van der Waals surface area contributed by atoms with Crippen molar-refractivity contribution in [2.24, 2.45) is 0 Å². The van der Waals surface area contributed by atoms with Gasteiger partial charge in [0.05, 0.1) is 7.11 Å². The molecule has 5 nitrogen and oxygen atoms in total. The summed E-state index contributed by atoms with van der Waals surface area (Å²) < 4.78 is 21.2. The molecule has 2 heterocycles. The molecule has 0 spiro atoms. The number of rotatable bonds is 4. The minimum absolute atomic E-state index is 0.0799. The molecule has 0 bridgehead atoms. The molecule has 27 heavy (non-hydrogen) atoms. The lowest BCUT2D eigenvalue weighted by Gasteiger charge is -2.25. The van der Waals surface area contributed by atoms with Crippen LogP contribution in [-0.4, -0.2) is 28.6 Å². The number of methoxy groups -OCH3 is 1. The Morgan fingerprint density at radius 2 is 2.07 bits per heavy atom. The second-order valence-corrected chi connectivity index (χ2v) is 7.62. The summed E-state index contributed by atoms with van der Waals surface area (Å²) in [7, 11) is 1.61. The fourth-order valence-corrected chi connectivity index (χ4v) is 4.34. The molecule has 1 fully saturated rings. The zero-order valence-corrected chi connectivity index (χ0v) is 15.7. The van der Waals surface area contributed by atoms with Crippen molar-refractivity contribution in [3.05, 3.63) is 47.3 Å². The van der Waals surface area contributed by atoms with E-state index in [-0.39, 0.29) is 23.7 Å². The van der Waals surface area contributed by atoms with Gasteiger partial charge in [0.1, 0.15) is 23.1 Å². The molecule has 1 aliphatic carbocycles. The van der Waals surface area contributed by atoms with Crippen LogP contribution in [0.1, 0.15) is 66.3 Å². The van der Waals surface area contributed by atoms with Crippen molar-refractivity contribution < 1.29 is 13.9 Å². The van der Waals surface area contributed by atoms with E-state index >= 15 is 0 Å². The van der Waals surface area contributed by atoms with Crippen LogP contribution in [0.3, 0.4) is 0 Å². The number of benzene rings is 1. The monoisotopic (exact) mass is 371 g/mol. The molecular formula is C21H26FN3O2. The molecule has 0 radical (unpaired) electrons. The topological polar surface area (TPSA) is 56.1 Å². The molecule has 1 amide bonds. The fourth-order valence-electron chi connectivity index (χ4n) is 4.34. The number of ether oxygens (including phenoxy) is 1. The van der Waals surface area contributed by atoms with E-state index in [4.69, 9.17) is 4.74 Å². The van der Waals surface area contributed by atoms with Gasteiger partial charge in [0, 0.05) is 36.7 Å². The predicted molar refractivity (Wildman–Crippen MR) is 101 cm³/mol. The molecule has 4 rings (SSSR count). The Bertz CT molecular complexity index is 827.